The Morgan fingerprint density at radius 3 is 2.64 bits per heavy atom. The average Bonchev–Trinajstić information content (AvgIpc) is 3.49. The standard InChI is InChI=1S/C25H24N4O2S2/c1-17-11-13-19(14-12-17)23-27-28-25(31-23)32-16-22(30)29(15-18-7-3-2-4-8-18)24-26-20-9-5-6-10-21(20)33-24/h2-4,7-8,11-14H,5-6,9-10,15-16H2,1H3. The molecule has 0 unspecified atom stereocenters. The van der Waals surface area contributed by atoms with E-state index >= 15 is 0 Å². The van der Waals surface area contributed by atoms with Crippen LogP contribution in [-0.2, 0) is 24.2 Å². The molecule has 5 rings (SSSR count). The molecule has 0 atom stereocenters. The van der Waals surface area contributed by atoms with Crippen molar-refractivity contribution in [1.82, 2.24) is 15.2 Å². The van der Waals surface area contributed by atoms with Crippen molar-refractivity contribution in [2.24, 2.45) is 0 Å². The van der Waals surface area contributed by atoms with Crippen molar-refractivity contribution in [3.63, 3.8) is 0 Å². The van der Waals surface area contributed by atoms with E-state index in [4.69, 9.17) is 9.40 Å². The third-order valence-electron chi connectivity index (χ3n) is 5.57. The normalized spacial score (nSPS) is 13.0. The van der Waals surface area contributed by atoms with E-state index < -0.39 is 0 Å². The number of carbonyl (C=O) groups excluding carboxylic acids is 1. The molecule has 1 aliphatic rings. The maximum Gasteiger partial charge on any atom is 0.277 e. The number of hydrogen-bond donors (Lipinski definition) is 0. The van der Waals surface area contributed by atoms with Crippen LogP contribution in [0, 0.1) is 6.92 Å². The number of hydrogen-bond acceptors (Lipinski definition) is 7. The fourth-order valence-corrected chi connectivity index (χ4v) is 5.57. The number of amides is 1. The fourth-order valence-electron chi connectivity index (χ4n) is 3.76. The molecule has 168 valence electrons. The van der Waals surface area contributed by atoms with Gasteiger partial charge < -0.3 is 4.42 Å². The maximum absolute atomic E-state index is 13.3. The van der Waals surface area contributed by atoms with Crippen molar-refractivity contribution in [3.8, 4) is 11.5 Å². The second-order valence-corrected chi connectivity index (χ2v) is 10.1. The highest BCUT2D eigenvalue weighted by Crippen LogP contribution is 2.33. The van der Waals surface area contributed by atoms with E-state index in [9.17, 15) is 4.79 Å². The zero-order valence-corrected chi connectivity index (χ0v) is 20.0. The zero-order valence-electron chi connectivity index (χ0n) is 18.4. The van der Waals surface area contributed by atoms with E-state index in [0.29, 0.717) is 17.7 Å². The molecule has 4 aromatic rings. The van der Waals surface area contributed by atoms with Crippen molar-refractivity contribution in [1.29, 1.82) is 0 Å². The van der Waals surface area contributed by atoms with Gasteiger partial charge in [0.1, 0.15) is 0 Å². The van der Waals surface area contributed by atoms with Gasteiger partial charge in [0.25, 0.3) is 5.22 Å². The first-order valence-electron chi connectivity index (χ1n) is 11.0. The van der Waals surface area contributed by atoms with Crippen LogP contribution in [0.2, 0.25) is 0 Å². The molecule has 0 aliphatic heterocycles. The summed E-state index contributed by atoms with van der Waals surface area (Å²) in [7, 11) is 0. The smallest absolute Gasteiger partial charge is 0.277 e. The van der Waals surface area contributed by atoms with Crippen LogP contribution in [0.1, 0.15) is 34.5 Å². The minimum Gasteiger partial charge on any atom is -0.411 e. The molecule has 2 aromatic heterocycles. The van der Waals surface area contributed by atoms with E-state index in [1.165, 1.54) is 35.0 Å². The summed E-state index contributed by atoms with van der Waals surface area (Å²) >= 11 is 2.91. The van der Waals surface area contributed by atoms with Crippen LogP contribution in [0.15, 0.2) is 64.2 Å². The second-order valence-electron chi connectivity index (χ2n) is 8.07. The molecular formula is C25H24N4O2S2. The topological polar surface area (TPSA) is 72.1 Å². The molecule has 0 saturated carbocycles. The van der Waals surface area contributed by atoms with E-state index in [1.807, 2.05) is 61.5 Å². The van der Waals surface area contributed by atoms with Gasteiger partial charge in [-0.1, -0.05) is 59.8 Å². The number of thioether (sulfide) groups is 1. The van der Waals surface area contributed by atoms with Crippen molar-refractivity contribution >= 4 is 34.1 Å². The molecule has 8 heteroatoms. The number of aryl methyl sites for hydroxylation is 3. The van der Waals surface area contributed by atoms with Crippen LogP contribution in [0.25, 0.3) is 11.5 Å². The van der Waals surface area contributed by atoms with Crippen molar-refractivity contribution < 1.29 is 9.21 Å². The van der Waals surface area contributed by atoms with Gasteiger partial charge in [0.15, 0.2) is 5.13 Å². The molecular weight excluding hydrogens is 452 g/mol. The van der Waals surface area contributed by atoms with Crippen LogP contribution in [0.5, 0.6) is 0 Å². The van der Waals surface area contributed by atoms with Crippen LogP contribution in [0.4, 0.5) is 5.13 Å². The van der Waals surface area contributed by atoms with Crippen LogP contribution in [0.3, 0.4) is 0 Å². The summed E-state index contributed by atoms with van der Waals surface area (Å²) in [5, 5.41) is 9.42. The first-order valence-corrected chi connectivity index (χ1v) is 12.8. The SMILES string of the molecule is Cc1ccc(-c2nnc(SCC(=O)N(Cc3ccccc3)c3nc4c(s3)CCCC4)o2)cc1. The van der Waals surface area contributed by atoms with Gasteiger partial charge in [-0.05, 0) is 50.3 Å². The van der Waals surface area contributed by atoms with Gasteiger partial charge in [-0.3, -0.25) is 9.69 Å². The maximum atomic E-state index is 13.3. The molecule has 2 heterocycles. The molecule has 0 saturated heterocycles. The lowest BCUT2D eigenvalue weighted by atomic mass is 10.0. The Labute approximate surface area is 201 Å². The highest BCUT2D eigenvalue weighted by molar-refractivity contribution is 7.99. The minimum absolute atomic E-state index is 0.0231. The van der Waals surface area contributed by atoms with Crippen LogP contribution in [-0.4, -0.2) is 26.8 Å². The summed E-state index contributed by atoms with van der Waals surface area (Å²) < 4.78 is 5.79. The summed E-state index contributed by atoms with van der Waals surface area (Å²) in [6.45, 7) is 2.52. The van der Waals surface area contributed by atoms with Gasteiger partial charge in [0, 0.05) is 10.4 Å². The third-order valence-corrected chi connectivity index (χ3v) is 7.56. The van der Waals surface area contributed by atoms with Gasteiger partial charge in [-0.15, -0.1) is 21.5 Å². The summed E-state index contributed by atoms with van der Waals surface area (Å²) in [6.07, 6.45) is 4.41. The van der Waals surface area contributed by atoms with E-state index in [2.05, 4.69) is 10.2 Å². The Balaban J connectivity index is 1.32. The highest BCUT2D eigenvalue weighted by atomic mass is 32.2. The molecule has 0 N–H and O–H groups in total. The monoisotopic (exact) mass is 476 g/mol. The molecule has 33 heavy (non-hydrogen) atoms. The van der Waals surface area contributed by atoms with Crippen molar-refractivity contribution in [2.45, 2.75) is 44.4 Å². The predicted molar refractivity (Wildman–Crippen MR) is 132 cm³/mol. The Bertz CT molecular complexity index is 1210. The number of nitrogens with zero attached hydrogens (tertiary/aromatic N) is 4. The van der Waals surface area contributed by atoms with Gasteiger partial charge in [-0.25, -0.2) is 4.98 Å². The fraction of sp³-hybridized carbons (Fsp3) is 0.280. The van der Waals surface area contributed by atoms with E-state index in [0.717, 1.165) is 34.8 Å². The number of benzene rings is 2. The summed E-state index contributed by atoms with van der Waals surface area (Å²) in [5.41, 5.74) is 4.26. The summed E-state index contributed by atoms with van der Waals surface area (Å²) in [5.74, 6) is 0.635. The predicted octanol–water partition coefficient (Wildman–Crippen LogP) is 5.71. The minimum atomic E-state index is -0.0231. The largest absolute Gasteiger partial charge is 0.411 e. The molecule has 1 amide bonds. The van der Waals surface area contributed by atoms with Crippen molar-refractivity contribution in [3.05, 3.63) is 76.3 Å². The lowest BCUT2D eigenvalue weighted by molar-refractivity contribution is -0.116. The molecule has 6 nitrogen and oxygen atoms in total. The average molecular weight is 477 g/mol. The molecule has 0 spiro atoms. The van der Waals surface area contributed by atoms with Gasteiger partial charge >= 0.3 is 0 Å². The van der Waals surface area contributed by atoms with Crippen molar-refractivity contribution in [2.75, 3.05) is 10.7 Å². The number of aromatic nitrogens is 3. The number of fused-ring (bicyclic) bond motifs is 1. The quantitative estimate of drug-likeness (QED) is 0.318. The first kappa shape index (κ1) is 21.9. The summed E-state index contributed by atoms with van der Waals surface area (Å²) in [4.78, 5) is 21.3. The Hall–Kier alpha value is -2.97. The Morgan fingerprint density at radius 1 is 1.06 bits per heavy atom. The summed E-state index contributed by atoms with van der Waals surface area (Å²) in [6, 6.07) is 17.9. The van der Waals surface area contributed by atoms with Gasteiger partial charge in [0.2, 0.25) is 11.8 Å². The van der Waals surface area contributed by atoms with Gasteiger partial charge in [0.05, 0.1) is 18.0 Å². The first-order chi connectivity index (χ1) is 16.2. The van der Waals surface area contributed by atoms with E-state index in [1.54, 1.807) is 16.2 Å². The third kappa shape index (κ3) is 5.17. The number of carbonyl (C=O) groups is 1. The van der Waals surface area contributed by atoms with Gasteiger partial charge in [-0.2, -0.15) is 0 Å². The Kier molecular flexibility index (Phi) is 6.55. The zero-order chi connectivity index (χ0) is 22.6. The lowest BCUT2D eigenvalue weighted by Gasteiger charge is -2.19. The lowest BCUT2D eigenvalue weighted by Crippen LogP contribution is -2.31. The number of anilines is 1. The van der Waals surface area contributed by atoms with Crippen LogP contribution < -0.4 is 4.90 Å². The Morgan fingerprint density at radius 2 is 1.85 bits per heavy atom. The number of rotatable bonds is 7. The second kappa shape index (κ2) is 9.89. The molecule has 0 bridgehead atoms. The van der Waals surface area contributed by atoms with E-state index in [-0.39, 0.29) is 11.7 Å². The molecule has 2 aromatic carbocycles. The molecule has 0 fully saturated rings. The van der Waals surface area contributed by atoms with Crippen LogP contribution >= 0.6 is 23.1 Å². The number of thiazole rings is 1. The molecule has 1 aliphatic carbocycles. The highest BCUT2D eigenvalue weighted by Gasteiger charge is 2.24. The molecule has 0 radical (unpaired) electrons.